The van der Waals surface area contributed by atoms with Gasteiger partial charge in [-0.3, -0.25) is 0 Å². The van der Waals surface area contributed by atoms with Gasteiger partial charge in [0.15, 0.2) is 0 Å². The second-order valence-corrected chi connectivity index (χ2v) is 3.38. The van der Waals surface area contributed by atoms with Crippen molar-refractivity contribution in [2.45, 2.75) is 19.5 Å². The second-order valence-electron chi connectivity index (χ2n) is 3.38. The average Bonchev–Trinajstić information content (AvgIpc) is 2.18. The maximum absolute atomic E-state index is 13.5. The minimum atomic E-state index is -4.45. The van der Waals surface area contributed by atoms with Crippen LogP contribution in [0.4, 0.5) is 17.6 Å². The Morgan fingerprint density at radius 2 is 2.00 bits per heavy atom. The fourth-order valence-corrected chi connectivity index (χ4v) is 1.34. The number of hydrogen-bond acceptors (Lipinski definition) is 0. The summed E-state index contributed by atoms with van der Waals surface area (Å²) in [6.07, 6.45) is -3.01. The van der Waals surface area contributed by atoms with Gasteiger partial charge in [0, 0.05) is 6.42 Å². The zero-order chi connectivity index (χ0) is 12.3. The van der Waals surface area contributed by atoms with Gasteiger partial charge in [-0.1, -0.05) is 6.58 Å². The minimum absolute atomic E-state index is 0.00322. The van der Waals surface area contributed by atoms with Crippen LogP contribution >= 0.6 is 0 Å². The normalized spacial score (nSPS) is 11.1. The quantitative estimate of drug-likeness (QED) is 0.531. The maximum Gasteiger partial charge on any atom is 0.416 e. The van der Waals surface area contributed by atoms with Gasteiger partial charge in [0.05, 0.1) is 5.56 Å². The molecule has 16 heavy (non-hydrogen) atoms. The number of aryl methyl sites for hydroxylation is 1. The molecule has 0 aromatic heterocycles. The van der Waals surface area contributed by atoms with Gasteiger partial charge in [0.1, 0.15) is 5.82 Å². The van der Waals surface area contributed by atoms with Gasteiger partial charge in [-0.25, -0.2) is 4.39 Å². The third kappa shape index (κ3) is 2.74. The molecular weight excluding hydrogens is 220 g/mol. The number of hydrogen-bond donors (Lipinski definition) is 0. The van der Waals surface area contributed by atoms with E-state index in [9.17, 15) is 17.6 Å². The zero-order valence-corrected chi connectivity index (χ0v) is 8.66. The van der Waals surface area contributed by atoms with Crippen LogP contribution in [0.3, 0.4) is 0 Å². The molecule has 0 spiro atoms. The van der Waals surface area contributed by atoms with Crippen LogP contribution in [0.2, 0.25) is 0 Å². The van der Waals surface area contributed by atoms with Crippen LogP contribution in [-0.2, 0) is 12.6 Å². The van der Waals surface area contributed by atoms with Crippen LogP contribution in [0.1, 0.15) is 16.7 Å². The summed E-state index contributed by atoms with van der Waals surface area (Å²) in [4.78, 5) is 0. The fraction of sp³-hybridized carbons (Fsp3) is 0.250. The van der Waals surface area contributed by atoms with Gasteiger partial charge < -0.3 is 0 Å². The molecule has 0 heterocycles. The molecule has 0 atom stereocenters. The Kier molecular flexibility index (Phi) is 3.55. The molecule has 1 rings (SSSR count). The molecule has 4 heteroatoms. The van der Waals surface area contributed by atoms with Crippen LogP contribution in [0.15, 0.2) is 30.5 Å². The summed E-state index contributed by atoms with van der Waals surface area (Å²) in [5, 5.41) is 0. The number of alkyl halides is 3. The summed E-state index contributed by atoms with van der Waals surface area (Å²) in [6, 6.07) is 1.62. The SMILES string of the molecule is C=C=CCc1cc(C(F)(F)F)cc(C)c1F. The molecular formula is C12H10F4. The van der Waals surface area contributed by atoms with Crippen molar-refractivity contribution in [2.24, 2.45) is 0 Å². The molecule has 0 unspecified atom stereocenters. The van der Waals surface area contributed by atoms with Crippen molar-refractivity contribution >= 4 is 0 Å². The van der Waals surface area contributed by atoms with Crippen molar-refractivity contribution in [3.63, 3.8) is 0 Å². The predicted molar refractivity (Wildman–Crippen MR) is 53.6 cm³/mol. The lowest BCUT2D eigenvalue weighted by molar-refractivity contribution is -0.137. The van der Waals surface area contributed by atoms with E-state index in [-0.39, 0.29) is 17.5 Å². The molecule has 0 aliphatic carbocycles. The van der Waals surface area contributed by atoms with Crippen LogP contribution in [0, 0.1) is 12.7 Å². The highest BCUT2D eigenvalue weighted by Crippen LogP contribution is 2.31. The first kappa shape index (κ1) is 12.5. The molecule has 1 aromatic rings. The van der Waals surface area contributed by atoms with E-state index < -0.39 is 17.6 Å². The lowest BCUT2D eigenvalue weighted by atomic mass is 10.0. The largest absolute Gasteiger partial charge is 0.416 e. The number of halogens is 4. The van der Waals surface area contributed by atoms with Crippen LogP contribution < -0.4 is 0 Å². The topological polar surface area (TPSA) is 0 Å². The van der Waals surface area contributed by atoms with Gasteiger partial charge in [-0.05, 0) is 36.3 Å². The third-order valence-corrected chi connectivity index (χ3v) is 2.12. The summed E-state index contributed by atoms with van der Waals surface area (Å²) in [7, 11) is 0. The Labute approximate surface area is 90.9 Å². The molecule has 0 aliphatic heterocycles. The van der Waals surface area contributed by atoms with Gasteiger partial charge in [-0.2, -0.15) is 13.2 Å². The fourth-order valence-electron chi connectivity index (χ4n) is 1.34. The van der Waals surface area contributed by atoms with Crippen molar-refractivity contribution in [1.29, 1.82) is 0 Å². The van der Waals surface area contributed by atoms with Crippen molar-refractivity contribution in [3.05, 3.63) is 53.0 Å². The van der Waals surface area contributed by atoms with E-state index >= 15 is 0 Å². The number of rotatable bonds is 2. The molecule has 0 radical (unpaired) electrons. The van der Waals surface area contributed by atoms with Crippen molar-refractivity contribution in [2.75, 3.05) is 0 Å². The molecule has 0 amide bonds. The summed E-state index contributed by atoms with van der Waals surface area (Å²) in [5.74, 6) is -0.612. The second kappa shape index (κ2) is 4.54. The molecule has 0 bridgehead atoms. The van der Waals surface area contributed by atoms with Crippen LogP contribution in [0.25, 0.3) is 0 Å². The minimum Gasteiger partial charge on any atom is -0.206 e. The highest BCUT2D eigenvalue weighted by Gasteiger charge is 2.31. The Morgan fingerprint density at radius 3 is 2.50 bits per heavy atom. The molecule has 1 aromatic carbocycles. The van der Waals surface area contributed by atoms with E-state index in [2.05, 4.69) is 12.3 Å². The summed E-state index contributed by atoms with van der Waals surface area (Å²) in [5.41, 5.74) is 1.56. The first-order chi connectivity index (χ1) is 7.36. The van der Waals surface area contributed by atoms with Gasteiger partial charge >= 0.3 is 6.18 Å². The first-order valence-corrected chi connectivity index (χ1v) is 4.56. The molecule has 0 nitrogen and oxygen atoms in total. The highest BCUT2D eigenvalue weighted by molar-refractivity contribution is 5.34. The van der Waals surface area contributed by atoms with Gasteiger partial charge in [0.25, 0.3) is 0 Å². The van der Waals surface area contributed by atoms with Crippen LogP contribution in [0.5, 0.6) is 0 Å². The zero-order valence-electron chi connectivity index (χ0n) is 8.66. The summed E-state index contributed by atoms with van der Waals surface area (Å²) in [6.45, 7) is 4.59. The van der Waals surface area contributed by atoms with Crippen LogP contribution in [-0.4, -0.2) is 0 Å². The Morgan fingerprint density at radius 1 is 1.38 bits per heavy atom. The Bertz CT molecular complexity index is 437. The molecule has 0 aliphatic rings. The van der Waals surface area contributed by atoms with E-state index in [1.54, 1.807) is 0 Å². The lowest BCUT2D eigenvalue weighted by Crippen LogP contribution is -2.07. The Hall–Kier alpha value is -1.54. The molecule has 0 fully saturated rings. The van der Waals surface area contributed by atoms with Crippen molar-refractivity contribution in [3.8, 4) is 0 Å². The average molecular weight is 230 g/mol. The standard InChI is InChI=1S/C12H10F4/c1-3-4-5-9-7-10(12(14,15)16)6-8(2)11(9)13/h4,6-7H,1,5H2,2H3. The smallest absolute Gasteiger partial charge is 0.206 e. The molecule has 0 N–H and O–H groups in total. The van der Waals surface area contributed by atoms with E-state index in [1.165, 1.54) is 13.0 Å². The molecule has 0 saturated carbocycles. The van der Waals surface area contributed by atoms with E-state index in [1.807, 2.05) is 0 Å². The first-order valence-electron chi connectivity index (χ1n) is 4.56. The van der Waals surface area contributed by atoms with E-state index in [0.717, 1.165) is 12.1 Å². The highest BCUT2D eigenvalue weighted by atomic mass is 19.4. The van der Waals surface area contributed by atoms with E-state index in [4.69, 9.17) is 0 Å². The monoisotopic (exact) mass is 230 g/mol. The lowest BCUT2D eigenvalue weighted by Gasteiger charge is -2.11. The summed E-state index contributed by atoms with van der Waals surface area (Å²) >= 11 is 0. The third-order valence-electron chi connectivity index (χ3n) is 2.12. The maximum atomic E-state index is 13.5. The molecule has 0 saturated heterocycles. The van der Waals surface area contributed by atoms with Gasteiger partial charge in [0.2, 0.25) is 0 Å². The van der Waals surface area contributed by atoms with E-state index in [0.29, 0.717) is 0 Å². The molecule has 86 valence electrons. The van der Waals surface area contributed by atoms with Crippen molar-refractivity contribution in [1.82, 2.24) is 0 Å². The number of benzene rings is 1. The van der Waals surface area contributed by atoms with Crippen molar-refractivity contribution < 1.29 is 17.6 Å². The summed E-state index contributed by atoms with van der Waals surface area (Å²) < 4.78 is 50.8. The van der Waals surface area contributed by atoms with Gasteiger partial charge in [-0.15, -0.1) is 5.73 Å². The Balaban J connectivity index is 3.27. The number of allylic oxidation sites excluding steroid dienone is 1. The predicted octanol–water partition coefficient (Wildman–Crippen LogP) is 4.04.